The smallest absolute Gasteiger partial charge is 0.126 e. The van der Waals surface area contributed by atoms with Crippen molar-refractivity contribution in [2.24, 2.45) is 0 Å². The maximum absolute atomic E-state index is 13.0. The third kappa shape index (κ3) is 3.51. The number of nitrogens with zero attached hydrogens (tertiary/aromatic N) is 1. The second kappa shape index (κ2) is 6.94. The van der Waals surface area contributed by atoms with Gasteiger partial charge in [-0.1, -0.05) is 0 Å². The van der Waals surface area contributed by atoms with Crippen LogP contribution in [-0.4, -0.2) is 26.2 Å². The third-order valence-electron chi connectivity index (χ3n) is 2.62. The van der Waals surface area contributed by atoms with Crippen LogP contribution in [0.2, 0.25) is 0 Å². The molecular formula is C11H17Cl2FN2. The SMILES string of the molecule is Cc1cc(N2CCNCC2)ccc1F.Cl.Cl. The fraction of sp³-hybridized carbons (Fsp3) is 0.455. The number of anilines is 1. The summed E-state index contributed by atoms with van der Waals surface area (Å²) in [5.74, 6) is -0.121. The number of halogens is 3. The molecule has 0 unspecified atom stereocenters. The second-order valence-electron chi connectivity index (χ2n) is 3.67. The van der Waals surface area contributed by atoms with Gasteiger partial charge in [-0.25, -0.2) is 4.39 Å². The van der Waals surface area contributed by atoms with Gasteiger partial charge in [0.2, 0.25) is 0 Å². The maximum Gasteiger partial charge on any atom is 0.126 e. The summed E-state index contributed by atoms with van der Waals surface area (Å²) in [7, 11) is 0. The van der Waals surface area contributed by atoms with Crippen molar-refractivity contribution in [3.63, 3.8) is 0 Å². The molecule has 92 valence electrons. The summed E-state index contributed by atoms with van der Waals surface area (Å²) in [4.78, 5) is 2.28. The van der Waals surface area contributed by atoms with Crippen LogP contribution in [0.1, 0.15) is 5.56 Å². The molecule has 1 aromatic rings. The van der Waals surface area contributed by atoms with E-state index in [1.54, 1.807) is 13.0 Å². The van der Waals surface area contributed by atoms with Gasteiger partial charge in [0.25, 0.3) is 0 Å². The van der Waals surface area contributed by atoms with Crippen LogP contribution in [0.15, 0.2) is 18.2 Å². The molecule has 5 heteroatoms. The standard InChI is InChI=1S/C11H15FN2.2ClH/c1-9-8-10(2-3-11(9)12)14-6-4-13-5-7-14;;/h2-3,8,13H,4-7H2,1H3;2*1H. The average molecular weight is 267 g/mol. The quantitative estimate of drug-likeness (QED) is 0.840. The number of rotatable bonds is 1. The van der Waals surface area contributed by atoms with Crippen LogP contribution in [0.5, 0.6) is 0 Å². The molecule has 1 saturated heterocycles. The van der Waals surface area contributed by atoms with Crippen molar-refractivity contribution in [2.75, 3.05) is 31.1 Å². The van der Waals surface area contributed by atoms with E-state index >= 15 is 0 Å². The molecule has 1 aliphatic rings. The molecule has 0 radical (unpaired) electrons. The third-order valence-corrected chi connectivity index (χ3v) is 2.62. The normalized spacial score (nSPS) is 15.0. The Bertz CT molecular complexity index is 328. The zero-order valence-electron chi connectivity index (χ0n) is 9.20. The molecule has 0 saturated carbocycles. The summed E-state index contributed by atoms with van der Waals surface area (Å²) < 4.78 is 13.0. The summed E-state index contributed by atoms with van der Waals surface area (Å²) >= 11 is 0. The highest BCUT2D eigenvalue weighted by Gasteiger charge is 2.10. The topological polar surface area (TPSA) is 15.3 Å². The minimum Gasteiger partial charge on any atom is -0.369 e. The van der Waals surface area contributed by atoms with E-state index in [2.05, 4.69) is 10.2 Å². The fourth-order valence-corrected chi connectivity index (χ4v) is 1.75. The minimum absolute atomic E-state index is 0. The van der Waals surface area contributed by atoms with Crippen molar-refractivity contribution in [1.29, 1.82) is 0 Å². The first-order valence-electron chi connectivity index (χ1n) is 4.99. The van der Waals surface area contributed by atoms with Gasteiger partial charge in [-0.15, -0.1) is 24.8 Å². The number of hydrogen-bond donors (Lipinski definition) is 1. The number of nitrogens with one attached hydrogen (secondary N) is 1. The van der Waals surface area contributed by atoms with E-state index in [0.717, 1.165) is 37.4 Å². The highest BCUT2D eigenvalue weighted by Crippen LogP contribution is 2.18. The maximum atomic E-state index is 13.0. The van der Waals surface area contributed by atoms with Gasteiger partial charge in [-0.2, -0.15) is 0 Å². The van der Waals surface area contributed by atoms with Crippen LogP contribution in [0.4, 0.5) is 10.1 Å². The Labute approximate surface area is 108 Å². The summed E-state index contributed by atoms with van der Waals surface area (Å²) in [5, 5.41) is 3.29. The lowest BCUT2D eigenvalue weighted by atomic mass is 10.2. The Hall–Kier alpha value is -0.510. The van der Waals surface area contributed by atoms with Crippen molar-refractivity contribution < 1.29 is 4.39 Å². The first-order chi connectivity index (χ1) is 6.77. The van der Waals surface area contributed by atoms with Crippen LogP contribution < -0.4 is 10.2 Å². The summed E-state index contributed by atoms with van der Waals surface area (Å²) in [6, 6.07) is 5.32. The molecule has 16 heavy (non-hydrogen) atoms. The van der Waals surface area contributed by atoms with E-state index in [0.29, 0.717) is 0 Å². The molecule has 1 N–H and O–H groups in total. The van der Waals surface area contributed by atoms with Gasteiger partial charge in [0.15, 0.2) is 0 Å². The fourth-order valence-electron chi connectivity index (χ4n) is 1.75. The largest absolute Gasteiger partial charge is 0.369 e. The van der Waals surface area contributed by atoms with Gasteiger partial charge in [0.1, 0.15) is 5.82 Å². The number of benzene rings is 1. The number of hydrogen-bond acceptors (Lipinski definition) is 2. The molecule has 1 aliphatic heterocycles. The molecule has 0 spiro atoms. The highest BCUT2D eigenvalue weighted by molar-refractivity contribution is 5.85. The Morgan fingerprint density at radius 3 is 2.38 bits per heavy atom. The van der Waals surface area contributed by atoms with Crippen LogP contribution in [0.3, 0.4) is 0 Å². The predicted octanol–water partition coefficient (Wildman–Crippen LogP) is 2.39. The number of piperazine rings is 1. The molecule has 0 amide bonds. The summed E-state index contributed by atoms with van der Waals surface area (Å²) in [6.45, 7) is 5.84. The van der Waals surface area contributed by atoms with E-state index < -0.39 is 0 Å². The molecule has 2 nitrogen and oxygen atoms in total. The van der Waals surface area contributed by atoms with Crippen molar-refractivity contribution in [1.82, 2.24) is 5.32 Å². The van der Waals surface area contributed by atoms with Crippen molar-refractivity contribution >= 4 is 30.5 Å². The molecule has 1 fully saturated rings. The average Bonchev–Trinajstić information content (AvgIpc) is 2.23. The van der Waals surface area contributed by atoms with Crippen LogP contribution in [0.25, 0.3) is 0 Å². The van der Waals surface area contributed by atoms with E-state index in [9.17, 15) is 4.39 Å². The Morgan fingerprint density at radius 2 is 1.81 bits per heavy atom. The van der Waals surface area contributed by atoms with Crippen molar-refractivity contribution in [3.8, 4) is 0 Å². The zero-order valence-corrected chi connectivity index (χ0v) is 10.8. The van der Waals surface area contributed by atoms with E-state index in [1.807, 2.05) is 12.1 Å². The lowest BCUT2D eigenvalue weighted by Crippen LogP contribution is -2.43. The van der Waals surface area contributed by atoms with Gasteiger partial charge in [0.05, 0.1) is 0 Å². The molecule has 1 aromatic carbocycles. The minimum atomic E-state index is -0.121. The zero-order chi connectivity index (χ0) is 9.97. The molecule has 0 atom stereocenters. The predicted molar refractivity (Wildman–Crippen MR) is 70.7 cm³/mol. The van der Waals surface area contributed by atoms with Crippen LogP contribution in [-0.2, 0) is 0 Å². The van der Waals surface area contributed by atoms with Crippen molar-refractivity contribution in [3.05, 3.63) is 29.6 Å². The Kier molecular flexibility index (Phi) is 6.72. The van der Waals surface area contributed by atoms with Gasteiger partial charge in [-0.3, -0.25) is 0 Å². The first kappa shape index (κ1) is 15.5. The molecule has 1 heterocycles. The molecule has 2 rings (SSSR count). The Morgan fingerprint density at radius 1 is 1.19 bits per heavy atom. The monoisotopic (exact) mass is 266 g/mol. The summed E-state index contributed by atoms with van der Waals surface area (Å²) in [5.41, 5.74) is 1.85. The van der Waals surface area contributed by atoms with Gasteiger partial charge < -0.3 is 10.2 Å². The Balaban J connectivity index is 0.00000112. The molecule has 0 aromatic heterocycles. The van der Waals surface area contributed by atoms with Gasteiger partial charge >= 0.3 is 0 Å². The highest BCUT2D eigenvalue weighted by atomic mass is 35.5. The van der Waals surface area contributed by atoms with Gasteiger partial charge in [-0.05, 0) is 30.7 Å². The van der Waals surface area contributed by atoms with Crippen molar-refractivity contribution in [2.45, 2.75) is 6.92 Å². The van der Waals surface area contributed by atoms with E-state index in [-0.39, 0.29) is 30.6 Å². The molecule has 0 bridgehead atoms. The molecule has 0 aliphatic carbocycles. The van der Waals surface area contributed by atoms with E-state index in [1.165, 1.54) is 0 Å². The molecular weight excluding hydrogens is 250 g/mol. The lowest BCUT2D eigenvalue weighted by Gasteiger charge is -2.29. The van der Waals surface area contributed by atoms with Gasteiger partial charge in [0, 0.05) is 31.9 Å². The van der Waals surface area contributed by atoms with E-state index in [4.69, 9.17) is 0 Å². The second-order valence-corrected chi connectivity index (χ2v) is 3.67. The summed E-state index contributed by atoms with van der Waals surface area (Å²) in [6.07, 6.45) is 0. The number of aryl methyl sites for hydroxylation is 1. The first-order valence-corrected chi connectivity index (χ1v) is 4.99. The van der Waals surface area contributed by atoms with Crippen LogP contribution in [0, 0.1) is 12.7 Å². The lowest BCUT2D eigenvalue weighted by molar-refractivity contribution is 0.586. The van der Waals surface area contributed by atoms with Crippen LogP contribution >= 0.6 is 24.8 Å².